The van der Waals surface area contributed by atoms with Crippen molar-refractivity contribution in [2.24, 2.45) is 5.92 Å². The number of amides is 1. The van der Waals surface area contributed by atoms with Crippen molar-refractivity contribution < 1.29 is 23.1 Å². The van der Waals surface area contributed by atoms with E-state index in [2.05, 4.69) is 24.3 Å². The third-order valence-electron chi connectivity index (χ3n) is 7.85. The van der Waals surface area contributed by atoms with Gasteiger partial charge in [-0.25, -0.2) is 13.6 Å². The maximum Gasteiger partial charge on any atom is 0.410 e. The average Bonchev–Trinajstić information content (AvgIpc) is 3.34. The summed E-state index contributed by atoms with van der Waals surface area (Å²) in [6.45, 7) is 0.264. The lowest BCUT2D eigenvalue weighted by molar-refractivity contribution is 0.0506. The van der Waals surface area contributed by atoms with E-state index in [0.717, 1.165) is 25.0 Å². The van der Waals surface area contributed by atoms with Crippen molar-refractivity contribution in [1.82, 2.24) is 4.90 Å². The molecule has 3 aliphatic rings. The molecule has 2 saturated heterocycles. The molecule has 0 aromatic heterocycles. The molecule has 0 saturated carbocycles. The van der Waals surface area contributed by atoms with Crippen molar-refractivity contribution in [1.29, 1.82) is 0 Å². The molecule has 2 fully saturated rings. The van der Waals surface area contributed by atoms with Crippen LogP contribution in [0, 0.1) is 17.6 Å². The first-order valence-electron chi connectivity index (χ1n) is 12.1. The van der Waals surface area contributed by atoms with E-state index >= 15 is 0 Å². The van der Waals surface area contributed by atoms with Crippen LogP contribution < -0.4 is 0 Å². The zero-order valence-corrected chi connectivity index (χ0v) is 19.1. The number of carbonyl (C=O) groups is 2. The normalized spacial score (nSPS) is 22.6. The maximum absolute atomic E-state index is 13.6. The van der Waals surface area contributed by atoms with Gasteiger partial charge in [-0.3, -0.25) is 4.79 Å². The summed E-state index contributed by atoms with van der Waals surface area (Å²) >= 11 is 0. The first-order chi connectivity index (χ1) is 17.0. The predicted octanol–water partition coefficient (Wildman–Crippen LogP) is 6.34. The summed E-state index contributed by atoms with van der Waals surface area (Å²) in [5.41, 5.74) is 4.88. The molecule has 2 bridgehead atoms. The molecular weight excluding hydrogens is 448 g/mol. The fourth-order valence-electron chi connectivity index (χ4n) is 6.24. The van der Waals surface area contributed by atoms with Crippen LogP contribution in [0.5, 0.6) is 0 Å². The van der Waals surface area contributed by atoms with Gasteiger partial charge < -0.3 is 9.64 Å². The van der Waals surface area contributed by atoms with Crippen LogP contribution in [-0.2, 0) is 4.74 Å². The summed E-state index contributed by atoms with van der Waals surface area (Å²) in [7, 11) is 0. The van der Waals surface area contributed by atoms with Gasteiger partial charge in [0, 0.05) is 29.5 Å². The zero-order valence-electron chi connectivity index (χ0n) is 19.1. The number of fused-ring (bicyclic) bond motifs is 5. The number of hydrogen-bond donors (Lipinski definition) is 0. The molecule has 35 heavy (non-hydrogen) atoms. The molecule has 3 aromatic rings. The highest BCUT2D eigenvalue weighted by Crippen LogP contribution is 2.45. The number of ether oxygens (including phenoxy) is 1. The van der Waals surface area contributed by atoms with Gasteiger partial charge in [-0.05, 0) is 66.1 Å². The molecule has 6 heteroatoms. The van der Waals surface area contributed by atoms with E-state index in [4.69, 9.17) is 4.74 Å². The van der Waals surface area contributed by atoms with Crippen molar-refractivity contribution in [3.63, 3.8) is 0 Å². The van der Waals surface area contributed by atoms with Gasteiger partial charge in [0.1, 0.15) is 6.61 Å². The SMILES string of the molecule is O=C(c1ccc(F)c(F)c1)C1CC2CCC(C1)N2C(=O)OCC1c2ccccc2-c2ccccc21. The minimum Gasteiger partial charge on any atom is -0.448 e. The van der Waals surface area contributed by atoms with E-state index in [1.54, 1.807) is 0 Å². The van der Waals surface area contributed by atoms with E-state index in [1.165, 1.54) is 28.3 Å². The van der Waals surface area contributed by atoms with Crippen molar-refractivity contribution in [3.8, 4) is 11.1 Å². The minimum absolute atomic E-state index is 0.00325. The molecule has 0 radical (unpaired) electrons. The van der Waals surface area contributed by atoms with Crippen molar-refractivity contribution in [2.45, 2.75) is 43.7 Å². The van der Waals surface area contributed by atoms with Gasteiger partial charge in [0.05, 0.1) is 0 Å². The fourth-order valence-corrected chi connectivity index (χ4v) is 6.24. The van der Waals surface area contributed by atoms with Crippen LogP contribution >= 0.6 is 0 Å². The zero-order chi connectivity index (χ0) is 24.1. The molecule has 3 aromatic carbocycles. The van der Waals surface area contributed by atoms with E-state index in [0.29, 0.717) is 12.8 Å². The quantitative estimate of drug-likeness (QED) is 0.416. The van der Waals surface area contributed by atoms with Gasteiger partial charge in [0.2, 0.25) is 0 Å². The second-order valence-corrected chi connectivity index (χ2v) is 9.76. The molecule has 2 atom stereocenters. The van der Waals surface area contributed by atoms with Crippen molar-refractivity contribution in [3.05, 3.63) is 95.1 Å². The molecule has 1 amide bonds. The highest BCUT2D eigenvalue weighted by Gasteiger charge is 2.46. The second kappa shape index (κ2) is 8.59. The van der Waals surface area contributed by atoms with Crippen molar-refractivity contribution in [2.75, 3.05) is 6.61 Å². The van der Waals surface area contributed by atoms with Crippen LogP contribution in [0.15, 0.2) is 66.7 Å². The number of piperidine rings is 1. The maximum atomic E-state index is 13.6. The van der Waals surface area contributed by atoms with E-state index in [-0.39, 0.29) is 48.0 Å². The van der Waals surface area contributed by atoms with Gasteiger partial charge in [0.25, 0.3) is 0 Å². The number of ketones is 1. The van der Waals surface area contributed by atoms with E-state index < -0.39 is 11.6 Å². The molecule has 0 N–H and O–H groups in total. The Hall–Kier alpha value is -3.54. The van der Waals surface area contributed by atoms with Gasteiger partial charge >= 0.3 is 6.09 Å². The van der Waals surface area contributed by atoms with Crippen LogP contribution in [0.25, 0.3) is 11.1 Å². The van der Waals surface area contributed by atoms with Crippen molar-refractivity contribution >= 4 is 11.9 Å². The number of Topliss-reactive ketones (excluding diaryl/α,β-unsaturated/α-hetero) is 1. The number of nitrogens with zero attached hydrogens (tertiary/aromatic N) is 1. The van der Waals surface area contributed by atoms with E-state index in [9.17, 15) is 18.4 Å². The van der Waals surface area contributed by atoms with Gasteiger partial charge in [-0.1, -0.05) is 48.5 Å². The Morgan fingerprint density at radius 3 is 2.03 bits per heavy atom. The fraction of sp³-hybridized carbons (Fsp3) is 0.310. The summed E-state index contributed by atoms with van der Waals surface area (Å²) in [4.78, 5) is 28.0. The average molecular weight is 474 g/mol. The smallest absolute Gasteiger partial charge is 0.410 e. The highest BCUT2D eigenvalue weighted by atomic mass is 19.2. The predicted molar refractivity (Wildman–Crippen MR) is 127 cm³/mol. The third-order valence-corrected chi connectivity index (χ3v) is 7.85. The second-order valence-electron chi connectivity index (χ2n) is 9.76. The lowest BCUT2D eigenvalue weighted by atomic mass is 9.85. The lowest BCUT2D eigenvalue weighted by Gasteiger charge is -2.37. The van der Waals surface area contributed by atoms with E-state index in [1.807, 2.05) is 29.2 Å². The summed E-state index contributed by atoms with van der Waals surface area (Å²) in [5, 5.41) is 0. The summed E-state index contributed by atoms with van der Waals surface area (Å²) in [6, 6.07) is 19.6. The molecule has 6 rings (SSSR count). The molecule has 1 aliphatic carbocycles. The summed E-state index contributed by atoms with van der Waals surface area (Å²) in [5.74, 6) is -2.49. The van der Waals surface area contributed by atoms with Crippen LogP contribution in [-0.4, -0.2) is 35.5 Å². The topological polar surface area (TPSA) is 46.6 Å². The molecule has 178 valence electrons. The van der Waals surface area contributed by atoms with Gasteiger partial charge in [0.15, 0.2) is 17.4 Å². The molecule has 2 heterocycles. The van der Waals surface area contributed by atoms with Crippen LogP contribution in [0.3, 0.4) is 0 Å². The first kappa shape index (κ1) is 22.0. The Bertz CT molecular complexity index is 1260. The molecule has 2 aliphatic heterocycles. The number of rotatable bonds is 4. The summed E-state index contributed by atoms with van der Waals surface area (Å²) < 4.78 is 32.8. The van der Waals surface area contributed by atoms with Crippen LogP contribution in [0.2, 0.25) is 0 Å². The Morgan fingerprint density at radius 1 is 0.829 bits per heavy atom. The largest absolute Gasteiger partial charge is 0.448 e. The monoisotopic (exact) mass is 473 g/mol. The minimum atomic E-state index is -1.02. The highest BCUT2D eigenvalue weighted by molar-refractivity contribution is 5.98. The number of carbonyl (C=O) groups excluding carboxylic acids is 2. The van der Waals surface area contributed by atoms with Gasteiger partial charge in [-0.2, -0.15) is 0 Å². The lowest BCUT2D eigenvalue weighted by Crippen LogP contribution is -2.48. The molecular formula is C29H25F2NO3. The molecule has 4 nitrogen and oxygen atoms in total. The Balaban J connectivity index is 1.14. The Kier molecular flexibility index (Phi) is 5.39. The standard InChI is InChI=1S/C29H25F2NO3/c30-26-12-9-17(15-27(26)31)28(33)18-13-19-10-11-20(14-18)32(19)29(34)35-16-25-23-7-3-1-5-21(23)22-6-2-4-8-24(22)25/h1-9,12,15,18-20,25H,10-11,13-14,16H2. The number of benzene rings is 3. The first-order valence-corrected chi connectivity index (χ1v) is 12.1. The molecule has 0 spiro atoms. The summed E-state index contributed by atoms with van der Waals surface area (Å²) in [6.07, 6.45) is 2.32. The van der Waals surface area contributed by atoms with Crippen LogP contribution in [0.4, 0.5) is 13.6 Å². The van der Waals surface area contributed by atoms with Gasteiger partial charge in [-0.15, -0.1) is 0 Å². The number of hydrogen-bond acceptors (Lipinski definition) is 3. The number of halogens is 2. The Morgan fingerprint density at radius 2 is 1.43 bits per heavy atom. The van der Waals surface area contributed by atoms with Crippen LogP contribution in [0.1, 0.15) is 53.1 Å². The molecule has 2 unspecified atom stereocenters. The Labute approximate surface area is 202 Å². The third kappa shape index (κ3) is 3.72.